The first-order chi connectivity index (χ1) is 21.1. The van der Waals surface area contributed by atoms with E-state index < -0.39 is 5.79 Å². The Kier molecular flexibility index (Phi) is 8.48. The number of allylic oxidation sites excluding steroid dienone is 2. The van der Waals surface area contributed by atoms with E-state index in [1.807, 2.05) is 12.1 Å². The molecular weight excluding hydrogens is 593 g/mol. The Morgan fingerprint density at radius 1 is 0.909 bits per heavy atom. The lowest BCUT2D eigenvalue weighted by molar-refractivity contribution is -0.312. The van der Waals surface area contributed by atoms with Gasteiger partial charge in [0.2, 0.25) is 0 Å². The Balaban J connectivity index is 1.09. The fourth-order valence-corrected chi connectivity index (χ4v) is 9.59. The van der Waals surface area contributed by atoms with Crippen LogP contribution in [0.4, 0.5) is 0 Å². The summed E-state index contributed by atoms with van der Waals surface area (Å²) in [6.07, 6.45) is 8.33. The number of hydrogen-bond acceptors (Lipinski definition) is 5. The smallest absolute Gasteiger partial charge is 0.169 e. The fraction of sp³-hybridized carbons (Fsp3) is 0.622. The van der Waals surface area contributed by atoms with E-state index in [1.54, 1.807) is 17.2 Å². The quantitative estimate of drug-likeness (QED) is 0.188. The standard InChI is InChI=1S/C37H47Cl2NO4/c1-35(2)21-42-37(43-22-35)15-14-27-26(17-37)9-10-28-30-11-13-33(41)36(30,3)18-29(34(27)28)25-7-4-23(5-8-25)19-40-44-20-24-6-12-31(38)32(39)16-24/h4-8,12,16,26,28-30,33,40-41H,9-11,13-15,17-22H2,1-3H3. The molecule has 1 aliphatic heterocycles. The first kappa shape index (κ1) is 31.2. The molecule has 3 saturated carbocycles. The van der Waals surface area contributed by atoms with Crippen molar-refractivity contribution < 1.29 is 19.4 Å². The van der Waals surface area contributed by atoms with Crippen molar-refractivity contribution in [2.24, 2.45) is 28.6 Å². The predicted octanol–water partition coefficient (Wildman–Crippen LogP) is 8.76. The highest BCUT2D eigenvalue weighted by atomic mass is 35.5. The van der Waals surface area contributed by atoms with E-state index in [1.165, 1.54) is 24.0 Å². The summed E-state index contributed by atoms with van der Waals surface area (Å²) in [7, 11) is 0. The van der Waals surface area contributed by atoms with Gasteiger partial charge >= 0.3 is 0 Å². The maximum Gasteiger partial charge on any atom is 0.169 e. The van der Waals surface area contributed by atoms with Crippen molar-refractivity contribution in [2.75, 3.05) is 13.2 Å². The van der Waals surface area contributed by atoms with Gasteiger partial charge in [-0.25, -0.2) is 0 Å². The first-order valence-corrected chi connectivity index (χ1v) is 17.4. The largest absolute Gasteiger partial charge is 0.393 e. The minimum absolute atomic E-state index is 0.0259. The van der Waals surface area contributed by atoms with Crippen LogP contribution in [0, 0.1) is 28.6 Å². The van der Waals surface area contributed by atoms with Crippen molar-refractivity contribution in [1.82, 2.24) is 5.48 Å². The van der Waals surface area contributed by atoms with E-state index >= 15 is 0 Å². The molecule has 5 nitrogen and oxygen atoms in total. The van der Waals surface area contributed by atoms with Crippen molar-refractivity contribution in [1.29, 1.82) is 0 Å². The van der Waals surface area contributed by atoms with E-state index in [9.17, 15) is 5.11 Å². The Bertz CT molecular complexity index is 1400. The number of hydrogen-bond donors (Lipinski definition) is 2. The first-order valence-electron chi connectivity index (χ1n) is 16.6. The van der Waals surface area contributed by atoms with Gasteiger partial charge in [0.25, 0.3) is 0 Å². The van der Waals surface area contributed by atoms with Crippen LogP contribution in [0.1, 0.15) is 94.7 Å². The molecule has 6 atom stereocenters. The van der Waals surface area contributed by atoms with E-state index in [4.69, 9.17) is 37.5 Å². The van der Waals surface area contributed by atoms with Crippen LogP contribution in [-0.4, -0.2) is 30.2 Å². The third-order valence-electron chi connectivity index (χ3n) is 11.7. The van der Waals surface area contributed by atoms with E-state index in [2.05, 4.69) is 50.5 Å². The number of hydroxylamine groups is 1. The second-order valence-electron chi connectivity index (χ2n) is 15.3. The molecule has 6 unspecified atom stereocenters. The number of halogens is 2. The molecule has 5 aliphatic rings. The highest BCUT2D eigenvalue weighted by Crippen LogP contribution is 2.65. The third kappa shape index (κ3) is 5.81. The molecule has 0 aromatic heterocycles. The number of aliphatic hydroxyl groups excluding tert-OH is 1. The van der Waals surface area contributed by atoms with E-state index in [0.717, 1.165) is 57.3 Å². The number of aliphatic hydroxyl groups is 1. The maximum absolute atomic E-state index is 11.3. The molecule has 1 saturated heterocycles. The van der Waals surface area contributed by atoms with Gasteiger partial charge in [-0.3, -0.25) is 4.84 Å². The van der Waals surface area contributed by atoms with Gasteiger partial charge in [0.1, 0.15) is 0 Å². The SMILES string of the molecule is CC1(C)COC2(CCC3=C4C(c5ccc(CNOCc6ccc(Cl)c(Cl)c6)cc5)CC5(C)C(O)CCC5C4CCC3C2)OC1. The zero-order valence-corrected chi connectivity index (χ0v) is 27.9. The van der Waals surface area contributed by atoms with Gasteiger partial charge < -0.3 is 14.6 Å². The number of ether oxygens (including phenoxy) is 2. The van der Waals surface area contributed by atoms with Crippen LogP contribution in [0.3, 0.4) is 0 Å². The molecule has 4 aliphatic carbocycles. The summed E-state index contributed by atoms with van der Waals surface area (Å²) in [4.78, 5) is 5.72. The van der Waals surface area contributed by atoms with Gasteiger partial charge in [0, 0.05) is 30.7 Å². The Hall–Kier alpha value is -1.44. The minimum atomic E-state index is -0.407. The van der Waals surface area contributed by atoms with Crippen molar-refractivity contribution in [3.63, 3.8) is 0 Å². The molecule has 2 aromatic carbocycles. The second-order valence-corrected chi connectivity index (χ2v) is 16.1. The summed E-state index contributed by atoms with van der Waals surface area (Å²) >= 11 is 12.2. The Morgan fingerprint density at radius 3 is 2.41 bits per heavy atom. The van der Waals surface area contributed by atoms with Gasteiger partial charge in [-0.15, -0.1) is 0 Å². The molecule has 238 valence electrons. The van der Waals surface area contributed by atoms with Gasteiger partial charge in [-0.1, -0.05) is 85.5 Å². The van der Waals surface area contributed by atoms with Crippen LogP contribution in [-0.2, 0) is 27.5 Å². The van der Waals surface area contributed by atoms with Crippen molar-refractivity contribution in [2.45, 2.75) is 103 Å². The van der Waals surface area contributed by atoms with Gasteiger partial charge in [0.15, 0.2) is 5.79 Å². The van der Waals surface area contributed by atoms with Crippen LogP contribution in [0.2, 0.25) is 10.0 Å². The van der Waals surface area contributed by atoms with Crippen molar-refractivity contribution in [3.05, 3.63) is 80.3 Å². The molecule has 2 aromatic rings. The lowest BCUT2D eigenvalue weighted by Crippen LogP contribution is -2.52. The van der Waals surface area contributed by atoms with Crippen LogP contribution in [0.5, 0.6) is 0 Å². The molecule has 0 amide bonds. The zero-order chi connectivity index (χ0) is 30.7. The molecule has 1 heterocycles. The van der Waals surface area contributed by atoms with Gasteiger partial charge in [-0.05, 0) is 90.5 Å². The summed E-state index contributed by atoms with van der Waals surface area (Å²) in [6, 6.07) is 14.6. The molecule has 7 heteroatoms. The molecule has 7 rings (SSSR count). The number of benzene rings is 2. The number of rotatable bonds is 6. The summed E-state index contributed by atoms with van der Waals surface area (Å²) in [6.45, 7) is 9.41. The highest BCUT2D eigenvalue weighted by molar-refractivity contribution is 6.42. The zero-order valence-electron chi connectivity index (χ0n) is 26.3. The second kappa shape index (κ2) is 12.0. The Labute approximate surface area is 272 Å². The average molecular weight is 641 g/mol. The summed E-state index contributed by atoms with van der Waals surface area (Å²) in [5.41, 5.74) is 10.1. The molecule has 1 spiro atoms. The summed E-state index contributed by atoms with van der Waals surface area (Å²) in [5, 5.41) is 12.3. The van der Waals surface area contributed by atoms with Crippen molar-refractivity contribution in [3.8, 4) is 0 Å². The van der Waals surface area contributed by atoms with Crippen LogP contribution >= 0.6 is 23.2 Å². The Morgan fingerprint density at radius 2 is 1.66 bits per heavy atom. The molecule has 4 fully saturated rings. The van der Waals surface area contributed by atoms with Gasteiger partial charge in [0.05, 0.1) is 36.0 Å². The van der Waals surface area contributed by atoms with E-state index in [-0.39, 0.29) is 16.9 Å². The molecule has 0 bridgehead atoms. The summed E-state index contributed by atoms with van der Waals surface area (Å²) < 4.78 is 13.0. The topological polar surface area (TPSA) is 60.0 Å². The fourth-order valence-electron chi connectivity index (χ4n) is 9.27. The third-order valence-corrected chi connectivity index (χ3v) is 12.5. The number of fused-ring (bicyclic) bond motifs is 4. The van der Waals surface area contributed by atoms with Crippen LogP contribution < -0.4 is 5.48 Å². The predicted molar refractivity (Wildman–Crippen MR) is 174 cm³/mol. The average Bonchev–Trinajstić information content (AvgIpc) is 3.32. The lowest BCUT2D eigenvalue weighted by atomic mass is 9.52. The molecular formula is C37H47Cl2NO4. The molecule has 44 heavy (non-hydrogen) atoms. The number of nitrogens with one attached hydrogen (secondary N) is 1. The maximum atomic E-state index is 11.3. The van der Waals surface area contributed by atoms with Gasteiger partial charge in [-0.2, -0.15) is 5.48 Å². The highest BCUT2D eigenvalue weighted by Gasteiger charge is 2.57. The van der Waals surface area contributed by atoms with E-state index in [0.29, 0.717) is 46.9 Å². The van der Waals surface area contributed by atoms with Crippen molar-refractivity contribution >= 4 is 23.2 Å². The monoisotopic (exact) mass is 639 g/mol. The van der Waals surface area contributed by atoms with Crippen LogP contribution in [0.15, 0.2) is 53.6 Å². The normalized spacial score (nSPS) is 34.0. The minimum Gasteiger partial charge on any atom is -0.393 e. The molecule has 0 radical (unpaired) electrons. The lowest BCUT2D eigenvalue weighted by Gasteiger charge is -2.55. The van der Waals surface area contributed by atoms with Crippen LogP contribution in [0.25, 0.3) is 0 Å². The molecule has 2 N–H and O–H groups in total. The summed E-state index contributed by atoms with van der Waals surface area (Å²) in [5.74, 6) is 1.62.